The van der Waals surface area contributed by atoms with Crippen LogP contribution in [-0.2, 0) is 13.0 Å². The van der Waals surface area contributed by atoms with Crippen LogP contribution in [0.25, 0.3) is 16.5 Å². The molecular weight excluding hydrogens is 336 g/mol. The van der Waals surface area contributed by atoms with Crippen molar-refractivity contribution >= 4 is 16.3 Å². The summed E-state index contributed by atoms with van der Waals surface area (Å²) < 4.78 is 7.47. The lowest BCUT2D eigenvalue weighted by atomic mass is 10.1. The largest absolute Gasteiger partial charge is 0.486 e. The van der Waals surface area contributed by atoms with Gasteiger partial charge in [0, 0.05) is 5.69 Å². The van der Waals surface area contributed by atoms with E-state index in [4.69, 9.17) is 4.74 Å². The number of nitrogens with zero attached hydrogens (tertiary/aromatic N) is 5. The normalized spacial score (nSPS) is 11.5. The minimum Gasteiger partial charge on any atom is -0.486 e. The fourth-order valence-corrected chi connectivity index (χ4v) is 3.30. The van der Waals surface area contributed by atoms with Gasteiger partial charge in [0.2, 0.25) is 10.8 Å². The average molecular weight is 354 g/mol. The van der Waals surface area contributed by atoms with E-state index in [0.717, 1.165) is 33.5 Å². The lowest BCUT2D eigenvalue weighted by molar-refractivity contribution is 0.304. The second-order valence-corrected chi connectivity index (χ2v) is 7.23. The molecule has 25 heavy (non-hydrogen) atoms. The first kappa shape index (κ1) is 15.8. The van der Waals surface area contributed by atoms with Gasteiger partial charge in [-0.25, -0.2) is 0 Å². The number of aromatic nitrogens is 6. The first-order valence-electron chi connectivity index (χ1n) is 8.12. The molecule has 3 heterocycles. The van der Waals surface area contributed by atoms with Gasteiger partial charge in [0.15, 0.2) is 5.01 Å². The predicted octanol–water partition coefficient (Wildman–Crippen LogP) is 3.35. The van der Waals surface area contributed by atoms with Crippen molar-refractivity contribution in [3.05, 3.63) is 47.1 Å². The van der Waals surface area contributed by atoms with Gasteiger partial charge in [0.25, 0.3) is 0 Å². The van der Waals surface area contributed by atoms with Crippen molar-refractivity contribution in [3.63, 3.8) is 0 Å². The molecule has 3 aromatic heterocycles. The van der Waals surface area contributed by atoms with Gasteiger partial charge >= 0.3 is 0 Å². The van der Waals surface area contributed by atoms with E-state index >= 15 is 0 Å². The van der Waals surface area contributed by atoms with Crippen LogP contribution in [0.2, 0.25) is 0 Å². The highest BCUT2D eigenvalue weighted by atomic mass is 32.1. The first-order valence-corrected chi connectivity index (χ1v) is 8.94. The summed E-state index contributed by atoms with van der Waals surface area (Å²) in [6.07, 6.45) is 0.947. The van der Waals surface area contributed by atoms with Crippen molar-refractivity contribution in [3.8, 4) is 17.3 Å². The Morgan fingerprint density at radius 3 is 2.84 bits per heavy atom. The Labute approximate surface area is 148 Å². The quantitative estimate of drug-likeness (QED) is 0.574. The number of H-pyrrole nitrogens is 1. The summed E-state index contributed by atoms with van der Waals surface area (Å²) in [6, 6.07) is 11.7. The van der Waals surface area contributed by atoms with Crippen LogP contribution in [0, 0.1) is 5.92 Å². The van der Waals surface area contributed by atoms with Crippen molar-refractivity contribution in [2.45, 2.75) is 26.9 Å². The predicted molar refractivity (Wildman–Crippen MR) is 95.6 cm³/mol. The van der Waals surface area contributed by atoms with Crippen LogP contribution in [0.5, 0.6) is 5.75 Å². The van der Waals surface area contributed by atoms with Gasteiger partial charge in [0.05, 0.1) is 0 Å². The molecule has 8 heteroatoms. The second kappa shape index (κ2) is 6.64. The van der Waals surface area contributed by atoms with E-state index in [2.05, 4.69) is 39.3 Å². The van der Waals surface area contributed by atoms with E-state index in [-0.39, 0.29) is 0 Å². The smallest absolute Gasteiger partial charge is 0.235 e. The Kier molecular flexibility index (Phi) is 4.19. The molecule has 0 amide bonds. The van der Waals surface area contributed by atoms with Gasteiger partial charge < -0.3 is 4.74 Å². The molecule has 0 atom stereocenters. The summed E-state index contributed by atoms with van der Waals surface area (Å²) in [4.78, 5) is 0.732. The SMILES string of the molecule is CC(C)Cc1cc(-c2nnc3sc(COc4ccccc4)nn23)n[nH]1. The first-order chi connectivity index (χ1) is 12.2. The summed E-state index contributed by atoms with van der Waals surface area (Å²) in [5, 5.41) is 21.2. The van der Waals surface area contributed by atoms with Crippen LogP contribution in [0.1, 0.15) is 24.5 Å². The Morgan fingerprint density at radius 1 is 1.20 bits per heavy atom. The topological polar surface area (TPSA) is 81.0 Å². The third kappa shape index (κ3) is 3.39. The molecule has 0 aliphatic heterocycles. The molecule has 0 fully saturated rings. The molecule has 0 spiro atoms. The van der Waals surface area contributed by atoms with Crippen LogP contribution >= 0.6 is 11.3 Å². The molecule has 4 rings (SSSR count). The summed E-state index contributed by atoms with van der Waals surface area (Å²) >= 11 is 1.46. The third-order valence-electron chi connectivity index (χ3n) is 3.63. The molecule has 1 N–H and O–H groups in total. The van der Waals surface area contributed by atoms with Gasteiger partial charge in [-0.3, -0.25) is 5.10 Å². The van der Waals surface area contributed by atoms with E-state index < -0.39 is 0 Å². The molecule has 4 aromatic rings. The maximum absolute atomic E-state index is 5.75. The van der Waals surface area contributed by atoms with Crippen molar-refractivity contribution in [2.75, 3.05) is 0 Å². The minimum absolute atomic E-state index is 0.399. The zero-order chi connectivity index (χ0) is 17.2. The van der Waals surface area contributed by atoms with Crippen molar-refractivity contribution in [1.82, 2.24) is 30.0 Å². The standard InChI is InChI=1S/C17H18N6OS/c1-11(2)8-12-9-14(19-18-12)16-20-21-17-23(16)22-15(25-17)10-24-13-6-4-3-5-7-13/h3-7,9,11H,8,10H2,1-2H3,(H,18,19). The third-order valence-corrected chi connectivity index (χ3v) is 4.50. The van der Waals surface area contributed by atoms with Gasteiger partial charge in [-0.15, -0.1) is 10.2 Å². The Bertz CT molecular complexity index is 972. The molecule has 0 aliphatic carbocycles. The Hall–Kier alpha value is -2.74. The Balaban J connectivity index is 1.55. The number of rotatable bonds is 6. The fourth-order valence-electron chi connectivity index (χ4n) is 2.56. The van der Waals surface area contributed by atoms with Gasteiger partial charge in [-0.2, -0.15) is 14.7 Å². The monoisotopic (exact) mass is 354 g/mol. The number of hydrogen-bond acceptors (Lipinski definition) is 6. The van der Waals surface area contributed by atoms with Crippen molar-refractivity contribution in [2.24, 2.45) is 5.92 Å². The molecule has 0 unspecified atom stereocenters. The van der Waals surface area contributed by atoms with Crippen LogP contribution in [0.4, 0.5) is 0 Å². The maximum Gasteiger partial charge on any atom is 0.235 e. The van der Waals surface area contributed by atoms with E-state index in [1.165, 1.54) is 11.3 Å². The van der Waals surface area contributed by atoms with Crippen LogP contribution in [0.15, 0.2) is 36.4 Å². The zero-order valence-electron chi connectivity index (χ0n) is 14.0. The van der Waals surface area contributed by atoms with E-state index in [9.17, 15) is 0 Å². The molecule has 0 saturated carbocycles. The van der Waals surface area contributed by atoms with Gasteiger partial charge in [0.1, 0.15) is 18.1 Å². The summed E-state index contributed by atoms with van der Waals surface area (Å²) in [5.74, 6) is 2.02. The molecule has 0 saturated heterocycles. The van der Waals surface area contributed by atoms with Crippen LogP contribution in [0.3, 0.4) is 0 Å². The molecule has 128 valence electrons. The molecular formula is C17H18N6OS. The lowest BCUT2D eigenvalue weighted by Gasteiger charge is -2.02. The average Bonchev–Trinajstić information content (AvgIpc) is 3.29. The van der Waals surface area contributed by atoms with Crippen molar-refractivity contribution < 1.29 is 4.74 Å². The van der Waals surface area contributed by atoms with E-state index in [0.29, 0.717) is 18.3 Å². The molecule has 0 radical (unpaired) electrons. The number of nitrogens with one attached hydrogen (secondary N) is 1. The lowest BCUT2D eigenvalue weighted by Crippen LogP contribution is -1.97. The molecule has 0 aliphatic rings. The number of benzene rings is 1. The number of ether oxygens (including phenoxy) is 1. The molecule has 7 nitrogen and oxygen atoms in total. The summed E-state index contributed by atoms with van der Waals surface area (Å²) in [5.41, 5.74) is 1.84. The van der Waals surface area contributed by atoms with E-state index in [1.54, 1.807) is 4.52 Å². The number of para-hydroxylation sites is 1. The molecule has 0 bridgehead atoms. The number of hydrogen-bond donors (Lipinski definition) is 1. The van der Waals surface area contributed by atoms with Crippen molar-refractivity contribution in [1.29, 1.82) is 0 Å². The highest BCUT2D eigenvalue weighted by molar-refractivity contribution is 7.16. The van der Waals surface area contributed by atoms with Crippen LogP contribution < -0.4 is 4.74 Å². The number of fused-ring (bicyclic) bond motifs is 1. The summed E-state index contributed by atoms with van der Waals surface area (Å²) in [7, 11) is 0. The minimum atomic E-state index is 0.399. The fraction of sp³-hybridized carbons (Fsp3) is 0.294. The highest BCUT2D eigenvalue weighted by Gasteiger charge is 2.16. The summed E-state index contributed by atoms with van der Waals surface area (Å²) in [6.45, 7) is 4.75. The van der Waals surface area contributed by atoms with Crippen LogP contribution in [-0.4, -0.2) is 30.0 Å². The maximum atomic E-state index is 5.75. The zero-order valence-corrected chi connectivity index (χ0v) is 14.8. The highest BCUT2D eigenvalue weighted by Crippen LogP contribution is 2.22. The Morgan fingerprint density at radius 2 is 2.04 bits per heavy atom. The van der Waals surface area contributed by atoms with E-state index in [1.807, 2.05) is 36.4 Å². The van der Waals surface area contributed by atoms with Gasteiger partial charge in [-0.05, 0) is 30.5 Å². The van der Waals surface area contributed by atoms with Gasteiger partial charge in [-0.1, -0.05) is 43.4 Å². The second-order valence-electron chi connectivity index (χ2n) is 6.19. The number of aromatic amines is 1. The molecule has 1 aromatic carbocycles.